The Labute approximate surface area is 90.1 Å². The molecule has 15 heavy (non-hydrogen) atoms. The lowest BCUT2D eigenvalue weighted by Crippen LogP contribution is -2.21. The van der Waals surface area contributed by atoms with Crippen molar-refractivity contribution in [1.82, 2.24) is 4.72 Å². The van der Waals surface area contributed by atoms with E-state index in [-0.39, 0.29) is 11.9 Å². The van der Waals surface area contributed by atoms with Crippen molar-refractivity contribution in [1.29, 1.82) is 0 Å². The summed E-state index contributed by atoms with van der Waals surface area (Å²) < 4.78 is 35.4. The fourth-order valence-electron chi connectivity index (χ4n) is 2.17. The summed E-state index contributed by atoms with van der Waals surface area (Å²) >= 11 is -2.05. The van der Waals surface area contributed by atoms with E-state index in [1.54, 1.807) is 6.07 Å². The Morgan fingerprint density at radius 1 is 1.60 bits per heavy atom. The minimum Gasteiger partial charge on any atom is -0.294 e. The van der Waals surface area contributed by atoms with E-state index in [4.69, 9.17) is 4.55 Å². The Morgan fingerprint density at radius 2 is 2.33 bits per heavy atom. The summed E-state index contributed by atoms with van der Waals surface area (Å²) in [6.07, 6.45) is 1.29. The summed E-state index contributed by atoms with van der Waals surface area (Å²) in [6, 6.07) is 2.95. The summed E-state index contributed by atoms with van der Waals surface area (Å²) in [5, 5.41) is 0. The maximum absolute atomic E-state index is 13.4. The number of halogens is 1. The number of hydrogen-bond donors (Lipinski definition) is 2. The van der Waals surface area contributed by atoms with Gasteiger partial charge in [0.1, 0.15) is 5.82 Å². The molecule has 1 aromatic rings. The van der Waals surface area contributed by atoms with E-state index < -0.39 is 11.3 Å². The van der Waals surface area contributed by atoms with Crippen LogP contribution in [0.5, 0.6) is 0 Å². The van der Waals surface area contributed by atoms with Crippen molar-refractivity contribution in [3.63, 3.8) is 0 Å². The van der Waals surface area contributed by atoms with E-state index in [1.165, 1.54) is 6.07 Å². The summed E-state index contributed by atoms with van der Waals surface area (Å²) in [5.74, 6) is -0.219. The van der Waals surface area contributed by atoms with Gasteiger partial charge in [0.25, 0.3) is 0 Å². The highest BCUT2D eigenvalue weighted by atomic mass is 32.2. The molecular formula is C10H12FNO2S. The molecule has 3 nitrogen and oxygen atoms in total. The van der Waals surface area contributed by atoms with Gasteiger partial charge >= 0.3 is 0 Å². The molecule has 0 saturated heterocycles. The third kappa shape index (κ3) is 1.95. The minimum atomic E-state index is -2.05. The Kier molecular flexibility index (Phi) is 2.86. The quantitative estimate of drug-likeness (QED) is 0.760. The number of benzene rings is 1. The van der Waals surface area contributed by atoms with Crippen LogP contribution in [0.2, 0.25) is 0 Å². The van der Waals surface area contributed by atoms with Gasteiger partial charge in [-0.05, 0) is 42.5 Å². The highest BCUT2D eigenvalue weighted by Crippen LogP contribution is 2.35. The summed E-state index contributed by atoms with van der Waals surface area (Å²) in [7, 11) is 0. The summed E-state index contributed by atoms with van der Waals surface area (Å²) in [5.41, 5.74) is 2.49. The van der Waals surface area contributed by atoms with Crippen LogP contribution in [0.3, 0.4) is 0 Å². The fourth-order valence-corrected chi connectivity index (χ4v) is 2.65. The van der Waals surface area contributed by atoms with E-state index in [2.05, 4.69) is 4.72 Å². The van der Waals surface area contributed by atoms with Crippen LogP contribution in [0.1, 0.15) is 29.2 Å². The second kappa shape index (κ2) is 4.00. The normalized spacial score (nSPS) is 21.4. The Bertz CT molecular complexity index is 422. The number of nitrogens with one attached hydrogen (secondary N) is 1. The van der Waals surface area contributed by atoms with Gasteiger partial charge in [0.05, 0.1) is 0 Å². The van der Waals surface area contributed by atoms with Crippen molar-refractivity contribution in [3.8, 4) is 0 Å². The van der Waals surface area contributed by atoms with Gasteiger partial charge in [-0.15, -0.1) is 0 Å². The highest BCUT2D eigenvalue weighted by Gasteiger charge is 2.27. The van der Waals surface area contributed by atoms with Crippen molar-refractivity contribution in [2.45, 2.75) is 25.8 Å². The van der Waals surface area contributed by atoms with Crippen LogP contribution < -0.4 is 4.72 Å². The first-order valence-electron chi connectivity index (χ1n) is 4.74. The van der Waals surface area contributed by atoms with E-state index in [9.17, 15) is 8.60 Å². The second-order valence-electron chi connectivity index (χ2n) is 3.71. The Hall–Kier alpha value is -0.780. The van der Waals surface area contributed by atoms with Gasteiger partial charge in [-0.3, -0.25) is 4.55 Å². The van der Waals surface area contributed by atoms with Crippen molar-refractivity contribution < 1.29 is 13.2 Å². The van der Waals surface area contributed by atoms with Gasteiger partial charge in [-0.25, -0.2) is 13.3 Å². The fraction of sp³-hybridized carbons (Fsp3) is 0.400. The van der Waals surface area contributed by atoms with Gasteiger partial charge in [0.15, 0.2) is 0 Å². The molecule has 5 heteroatoms. The Morgan fingerprint density at radius 3 is 3.00 bits per heavy atom. The van der Waals surface area contributed by atoms with Crippen molar-refractivity contribution in [2.75, 3.05) is 0 Å². The monoisotopic (exact) mass is 229 g/mol. The molecule has 2 rings (SSSR count). The first-order valence-corrected chi connectivity index (χ1v) is 5.85. The van der Waals surface area contributed by atoms with Gasteiger partial charge < -0.3 is 0 Å². The predicted molar refractivity (Wildman–Crippen MR) is 56.1 cm³/mol. The molecule has 0 fully saturated rings. The zero-order valence-corrected chi connectivity index (χ0v) is 9.10. The third-order valence-corrected chi connectivity index (χ3v) is 3.28. The van der Waals surface area contributed by atoms with Crippen LogP contribution in [0, 0.1) is 12.7 Å². The molecule has 0 spiro atoms. The van der Waals surface area contributed by atoms with Gasteiger partial charge in [-0.2, -0.15) is 0 Å². The molecule has 0 aliphatic heterocycles. The van der Waals surface area contributed by atoms with Crippen LogP contribution in [0.15, 0.2) is 12.1 Å². The standard InChI is InChI=1S/C10H12FNO2S/c1-6-2-4-8(11)7-3-5-9(10(6)7)12-15(13)14/h2,4,9,12H,3,5H2,1H3,(H,13,14). The zero-order chi connectivity index (χ0) is 11.0. The number of fused-ring (bicyclic) bond motifs is 1. The lowest BCUT2D eigenvalue weighted by Gasteiger charge is -2.13. The van der Waals surface area contributed by atoms with Crippen molar-refractivity contribution in [3.05, 3.63) is 34.6 Å². The highest BCUT2D eigenvalue weighted by molar-refractivity contribution is 7.77. The van der Waals surface area contributed by atoms with Gasteiger partial charge in [0, 0.05) is 6.04 Å². The molecule has 0 amide bonds. The maximum Gasteiger partial charge on any atom is 0.232 e. The first-order chi connectivity index (χ1) is 7.09. The molecule has 82 valence electrons. The molecule has 1 aromatic carbocycles. The topological polar surface area (TPSA) is 49.3 Å². The van der Waals surface area contributed by atoms with E-state index in [0.717, 1.165) is 11.1 Å². The predicted octanol–water partition coefficient (Wildman–Crippen LogP) is 1.85. The average molecular weight is 229 g/mol. The smallest absolute Gasteiger partial charge is 0.232 e. The molecule has 2 unspecified atom stereocenters. The van der Waals surface area contributed by atoms with E-state index >= 15 is 0 Å². The van der Waals surface area contributed by atoms with E-state index in [0.29, 0.717) is 18.4 Å². The second-order valence-corrected chi connectivity index (χ2v) is 4.45. The zero-order valence-electron chi connectivity index (χ0n) is 8.29. The SMILES string of the molecule is Cc1ccc(F)c2c1C(NS(=O)O)CC2. The van der Waals surface area contributed by atoms with Crippen LogP contribution >= 0.6 is 0 Å². The number of aryl methyl sites for hydroxylation is 1. The van der Waals surface area contributed by atoms with E-state index in [1.807, 2.05) is 6.92 Å². The number of hydrogen-bond acceptors (Lipinski definition) is 1. The molecule has 1 aliphatic carbocycles. The third-order valence-electron chi connectivity index (χ3n) is 2.79. The molecule has 2 atom stereocenters. The molecule has 1 aliphatic rings. The van der Waals surface area contributed by atoms with Crippen LogP contribution in [0.4, 0.5) is 4.39 Å². The maximum atomic E-state index is 13.4. The molecule has 0 aromatic heterocycles. The first kappa shape index (κ1) is 10.7. The summed E-state index contributed by atoms with van der Waals surface area (Å²) in [6.45, 7) is 1.89. The molecule has 0 radical (unpaired) electrons. The van der Waals surface area contributed by atoms with Crippen molar-refractivity contribution in [2.24, 2.45) is 0 Å². The molecule has 0 bridgehead atoms. The molecule has 2 N–H and O–H groups in total. The Balaban J connectivity index is 2.41. The van der Waals surface area contributed by atoms with Gasteiger partial charge in [-0.1, -0.05) is 6.07 Å². The van der Waals surface area contributed by atoms with Gasteiger partial charge in [0.2, 0.25) is 11.3 Å². The van der Waals surface area contributed by atoms with Crippen LogP contribution in [0.25, 0.3) is 0 Å². The molecular weight excluding hydrogens is 217 g/mol. The van der Waals surface area contributed by atoms with Crippen molar-refractivity contribution >= 4 is 11.3 Å². The average Bonchev–Trinajstić information content (AvgIpc) is 2.56. The molecule has 0 heterocycles. The van der Waals surface area contributed by atoms with Crippen LogP contribution in [-0.2, 0) is 17.7 Å². The largest absolute Gasteiger partial charge is 0.294 e. The lowest BCUT2D eigenvalue weighted by molar-refractivity contribution is 0.525. The van der Waals surface area contributed by atoms with Crippen LogP contribution in [-0.4, -0.2) is 8.76 Å². The molecule has 0 saturated carbocycles. The minimum absolute atomic E-state index is 0.207. The number of rotatable bonds is 2. The lowest BCUT2D eigenvalue weighted by atomic mass is 10.0. The summed E-state index contributed by atoms with van der Waals surface area (Å²) in [4.78, 5) is 0.